The van der Waals surface area contributed by atoms with E-state index in [-0.39, 0.29) is 11.5 Å². The molecule has 0 amide bonds. The van der Waals surface area contributed by atoms with Crippen molar-refractivity contribution in [3.63, 3.8) is 0 Å². The number of ether oxygens (including phenoxy) is 1. The lowest BCUT2D eigenvalue weighted by Gasteiger charge is -2.19. The minimum atomic E-state index is 0.111. The molecule has 184 valence electrons. The van der Waals surface area contributed by atoms with E-state index in [0.29, 0.717) is 29.8 Å². The Morgan fingerprint density at radius 3 is 2.33 bits per heavy atom. The zero-order valence-corrected chi connectivity index (χ0v) is 20.4. The van der Waals surface area contributed by atoms with Crippen molar-refractivity contribution < 1.29 is 14.9 Å². The maximum Gasteiger partial charge on any atom is 0.119 e. The van der Waals surface area contributed by atoms with Crippen LogP contribution in [0.5, 0.6) is 17.2 Å². The van der Waals surface area contributed by atoms with E-state index in [1.54, 1.807) is 30.3 Å². The zero-order valence-electron chi connectivity index (χ0n) is 20.4. The van der Waals surface area contributed by atoms with Gasteiger partial charge in [0.25, 0.3) is 0 Å². The summed E-state index contributed by atoms with van der Waals surface area (Å²) in [6, 6.07) is 22.4. The average Bonchev–Trinajstić information content (AvgIpc) is 3.00. The van der Waals surface area contributed by atoms with Crippen molar-refractivity contribution in [1.29, 1.82) is 5.26 Å². The summed E-state index contributed by atoms with van der Waals surface area (Å²) in [5.41, 5.74) is 3.84. The first-order chi connectivity index (χ1) is 17.6. The van der Waals surface area contributed by atoms with Crippen molar-refractivity contribution in [2.24, 2.45) is 0 Å². The van der Waals surface area contributed by atoms with Crippen LogP contribution in [-0.4, -0.2) is 45.9 Å². The molecule has 0 spiro atoms. The molecule has 1 aromatic heterocycles. The van der Waals surface area contributed by atoms with Crippen LogP contribution in [0, 0.1) is 11.3 Å². The quantitative estimate of drug-likeness (QED) is 0.344. The molecule has 36 heavy (non-hydrogen) atoms. The predicted molar refractivity (Wildman–Crippen MR) is 141 cm³/mol. The minimum Gasteiger partial charge on any atom is -0.508 e. The molecule has 3 aromatic carbocycles. The average molecular weight is 482 g/mol. The normalized spacial score (nSPS) is 14.4. The SMILES string of the molecule is N#Cc1c(-c2cccc(O)c2)n(Cc2ccc(OCCN3CCCCCC3)cc2)c2ccc(O)cc12. The van der Waals surface area contributed by atoms with Gasteiger partial charge in [-0.15, -0.1) is 0 Å². The Labute approximate surface area is 211 Å². The van der Waals surface area contributed by atoms with E-state index >= 15 is 0 Å². The minimum absolute atomic E-state index is 0.111. The first-order valence-corrected chi connectivity index (χ1v) is 12.6. The Hall–Kier alpha value is -3.95. The van der Waals surface area contributed by atoms with Crippen LogP contribution in [0.2, 0.25) is 0 Å². The number of phenols is 2. The molecule has 4 aromatic rings. The van der Waals surface area contributed by atoms with Gasteiger partial charge in [-0.2, -0.15) is 5.26 Å². The Bertz CT molecular complexity index is 1380. The molecule has 1 saturated heterocycles. The third kappa shape index (κ3) is 5.17. The first-order valence-electron chi connectivity index (χ1n) is 12.6. The fourth-order valence-corrected chi connectivity index (χ4v) is 5.10. The lowest BCUT2D eigenvalue weighted by molar-refractivity contribution is 0.214. The standard InChI is InChI=1S/C30H31N3O3/c31-20-28-27-19-25(35)10-13-29(27)33(30(28)23-6-5-7-24(34)18-23)21-22-8-11-26(12-9-22)36-17-16-32-14-3-1-2-4-15-32/h5-13,18-19,34-35H,1-4,14-17,21H2. The Morgan fingerprint density at radius 2 is 1.61 bits per heavy atom. The highest BCUT2D eigenvalue weighted by molar-refractivity contribution is 5.95. The Balaban J connectivity index is 1.39. The molecular weight excluding hydrogens is 450 g/mol. The predicted octanol–water partition coefficient (Wildman–Crippen LogP) is 5.89. The number of nitrogens with zero attached hydrogens (tertiary/aromatic N) is 3. The van der Waals surface area contributed by atoms with Gasteiger partial charge in [0, 0.05) is 24.0 Å². The van der Waals surface area contributed by atoms with Crippen LogP contribution in [0.1, 0.15) is 36.8 Å². The molecule has 2 N–H and O–H groups in total. The van der Waals surface area contributed by atoms with E-state index in [9.17, 15) is 15.5 Å². The van der Waals surface area contributed by atoms with Crippen molar-refractivity contribution in [2.45, 2.75) is 32.2 Å². The van der Waals surface area contributed by atoms with Crippen LogP contribution < -0.4 is 4.74 Å². The first kappa shape index (κ1) is 23.8. The number of nitriles is 1. The smallest absolute Gasteiger partial charge is 0.119 e. The Morgan fingerprint density at radius 1 is 0.861 bits per heavy atom. The van der Waals surface area contributed by atoms with E-state index < -0.39 is 0 Å². The molecule has 5 rings (SSSR count). The number of hydrogen-bond donors (Lipinski definition) is 2. The second-order valence-electron chi connectivity index (χ2n) is 9.42. The molecule has 2 heterocycles. The summed E-state index contributed by atoms with van der Waals surface area (Å²) in [6.45, 7) is 4.49. The van der Waals surface area contributed by atoms with E-state index in [4.69, 9.17) is 4.74 Å². The van der Waals surface area contributed by atoms with Crippen molar-refractivity contribution >= 4 is 10.9 Å². The molecular formula is C30H31N3O3. The second kappa shape index (κ2) is 10.8. The van der Waals surface area contributed by atoms with Gasteiger partial charge in [0.1, 0.15) is 29.9 Å². The highest BCUT2D eigenvalue weighted by atomic mass is 16.5. The van der Waals surface area contributed by atoms with Crippen molar-refractivity contribution in [1.82, 2.24) is 9.47 Å². The number of hydrogen-bond acceptors (Lipinski definition) is 5. The third-order valence-electron chi connectivity index (χ3n) is 6.92. The summed E-state index contributed by atoms with van der Waals surface area (Å²) in [5.74, 6) is 1.10. The van der Waals surface area contributed by atoms with Crippen LogP contribution in [0.25, 0.3) is 22.2 Å². The number of aromatic nitrogens is 1. The number of phenolic OH excluding ortho intramolecular Hbond substituents is 2. The molecule has 1 fully saturated rings. The highest BCUT2D eigenvalue weighted by Gasteiger charge is 2.20. The molecule has 0 bridgehead atoms. The van der Waals surface area contributed by atoms with Crippen molar-refractivity contribution in [3.05, 3.63) is 77.9 Å². The van der Waals surface area contributed by atoms with Crippen LogP contribution in [0.15, 0.2) is 66.7 Å². The lowest BCUT2D eigenvalue weighted by atomic mass is 10.1. The van der Waals surface area contributed by atoms with Gasteiger partial charge in [-0.1, -0.05) is 37.1 Å². The molecule has 0 radical (unpaired) electrons. The summed E-state index contributed by atoms with van der Waals surface area (Å²) in [7, 11) is 0. The fourth-order valence-electron chi connectivity index (χ4n) is 5.10. The van der Waals surface area contributed by atoms with E-state index in [2.05, 4.69) is 15.5 Å². The van der Waals surface area contributed by atoms with Gasteiger partial charge in [0.15, 0.2) is 0 Å². The van der Waals surface area contributed by atoms with E-state index in [1.807, 2.05) is 36.4 Å². The fraction of sp³-hybridized carbons (Fsp3) is 0.300. The third-order valence-corrected chi connectivity index (χ3v) is 6.92. The van der Waals surface area contributed by atoms with Gasteiger partial charge >= 0.3 is 0 Å². The van der Waals surface area contributed by atoms with Crippen LogP contribution in [0.3, 0.4) is 0 Å². The summed E-state index contributed by atoms with van der Waals surface area (Å²) in [4.78, 5) is 2.49. The highest BCUT2D eigenvalue weighted by Crippen LogP contribution is 2.36. The maximum atomic E-state index is 10.1. The van der Waals surface area contributed by atoms with Gasteiger partial charge in [0.2, 0.25) is 0 Å². The summed E-state index contributed by atoms with van der Waals surface area (Å²) in [5, 5.41) is 30.9. The van der Waals surface area contributed by atoms with Gasteiger partial charge in [0.05, 0.1) is 16.8 Å². The summed E-state index contributed by atoms with van der Waals surface area (Å²) >= 11 is 0. The molecule has 6 nitrogen and oxygen atoms in total. The summed E-state index contributed by atoms with van der Waals surface area (Å²) in [6.07, 6.45) is 5.22. The number of aromatic hydroxyl groups is 2. The maximum absolute atomic E-state index is 10.1. The lowest BCUT2D eigenvalue weighted by Crippen LogP contribution is -2.29. The largest absolute Gasteiger partial charge is 0.508 e. The molecule has 1 aliphatic heterocycles. The molecule has 6 heteroatoms. The van der Waals surface area contributed by atoms with Crippen molar-refractivity contribution in [2.75, 3.05) is 26.2 Å². The number of rotatable bonds is 7. The molecule has 1 aliphatic rings. The van der Waals surface area contributed by atoms with Gasteiger partial charge in [-0.25, -0.2) is 0 Å². The Kier molecular flexibility index (Phi) is 7.11. The van der Waals surface area contributed by atoms with Gasteiger partial charge < -0.3 is 19.5 Å². The van der Waals surface area contributed by atoms with Crippen LogP contribution in [0.4, 0.5) is 0 Å². The monoisotopic (exact) mass is 481 g/mol. The van der Waals surface area contributed by atoms with E-state index in [1.165, 1.54) is 25.7 Å². The molecule has 0 atom stereocenters. The zero-order chi connectivity index (χ0) is 24.9. The van der Waals surface area contributed by atoms with Crippen LogP contribution in [-0.2, 0) is 6.54 Å². The molecule has 0 aliphatic carbocycles. The van der Waals surface area contributed by atoms with Gasteiger partial charge in [-0.05, 0) is 74.0 Å². The number of likely N-dealkylation sites (tertiary alicyclic amines) is 1. The van der Waals surface area contributed by atoms with Crippen LogP contribution >= 0.6 is 0 Å². The molecule has 0 saturated carbocycles. The summed E-state index contributed by atoms with van der Waals surface area (Å²) < 4.78 is 8.09. The topological polar surface area (TPSA) is 81.6 Å². The number of fused-ring (bicyclic) bond motifs is 1. The van der Waals surface area contributed by atoms with E-state index in [0.717, 1.165) is 42.0 Å². The van der Waals surface area contributed by atoms with Gasteiger partial charge in [-0.3, -0.25) is 4.90 Å². The second-order valence-corrected chi connectivity index (χ2v) is 9.42. The molecule has 0 unspecified atom stereocenters. The van der Waals surface area contributed by atoms with Crippen molar-refractivity contribution in [3.8, 4) is 34.6 Å². The number of benzene rings is 3.